The number of aromatic nitrogens is 2. The minimum atomic E-state index is 0.181. The number of hydrogen-bond donors (Lipinski definition) is 0. The molecule has 1 atom stereocenters. The third kappa shape index (κ3) is 5.46. The Kier molecular flexibility index (Phi) is 8.38. The molecule has 1 aliphatic carbocycles. The zero-order chi connectivity index (χ0) is 21.5. The molecule has 1 heterocycles. The van der Waals surface area contributed by atoms with E-state index in [-0.39, 0.29) is 6.10 Å². The molecule has 0 amide bonds. The van der Waals surface area contributed by atoms with E-state index in [1.165, 1.54) is 12.8 Å². The monoisotopic (exact) mass is 430 g/mol. The summed E-state index contributed by atoms with van der Waals surface area (Å²) in [6, 6.07) is 5.94. The molecular weight excluding hydrogens is 396 g/mol. The summed E-state index contributed by atoms with van der Waals surface area (Å²) in [4.78, 5) is 9.84. The molecular formula is C25H35ClN2O2. The fourth-order valence-corrected chi connectivity index (χ4v) is 4.32. The SMILES string of the molecule is CCCC(CC)Oc1nc(CC)c(-c2ccc(OC3CCCC3)cc2Cl)nc1CC. The first-order valence-corrected chi connectivity index (χ1v) is 12.0. The summed E-state index contributed by atoms with van der Waals surface area (Å²) in [5.41, 5.74) is 3.56. The van der Waals surface area contributed by atoms with Crippen LogP contribution in [0.3, 0.4) is 0 Å². The predicted octanol–water partition coefficient (Wildman–Crippen LogP) is 7.20. The topological polar surface area (TPSA) is 44.2 Å². The molecule has 0 radical (unpaired) electrons. The fraction of sp³-hybridized carbons (Fsp3) is 0.600. The van der Waals surface area contributed by atoms with E-state index in [0.717, 1.165) is 73.3 Å². The van der Waals surface area contributed by atoms with Crippen molar-refractivity contribution in [1.29, 1.82) is 0 Å². The molecule has 0 aliphatic heterocycles. The summed E-state index contributed by atoms with van der Waals surface area (Å²) in [6.07, 6.45) is 9.87. The van der Waals surface area contributed by atoms with Crippen LogP contribution in [0.5, 0.6) is 11.6 Å². The van der Waals surface area contributed by atoms with Crippen molar-refractivity contribution in [2.24, 2.45) is 0 Å². The Bertz CT molecular complexity index is 834. The van der Waals surface area contributed by atoms with Crippen molar-refractivity contribution in [3.8, 4) is 22.9 Å². The lowest BCUT2D eigenvalue weighted by molar-refractivity contribution is 0.175. The van der Waals surface area contributed by atoms with Gasteiger partial charge in [-0.15, -0.1) is 0 Å². The van der Waals surface area contributed by atoms with Gasteiger partial charge in [0, 0.05) is 5.56 Å². The maximum atomic E-state index is 6.68. The van der Waals surface area contributed by atoms with E-state index in [1.807, 2.05) is 18.2 Å². The number of aryl methyl sites for hydroxylation is 2. The molecule has 1 aliphatic rings. The van der Waals surface area contributed by atoms with Crippen LogP contribution in [0.1, 0.15) is 84.0 Å². The van der Waals surface area contributed by atoms with Gasteiger partial charge in [-0.2, -0.15) is 0 Å². The Balaban J connectivity index is 1.90. The summed E-state index contributed by atoms with van der Waals surface area (Å²) < 4.78 is 12.4. The van der Waals surface area contributed by atoms with Gasteiger partial charge in [0.15, 0.2) is 0 Å². The second kappa shape index (κ2) is 11.0. The highest BCUT2D eigenvalue weighted by molar-refractivity contribution is 6.33. The molecule has 5 heteroatoms. The molecule has 3 rings (SSSR count). The number of nitrogens with zero attached hydrogens (tertiary/aromatic N) is 2. The first-order valence-electron chi connectivity index (χ1n) is 11.6. The van der Waals surface area contributed by atoms with Crippen molar-refractivity contribution < 1.29 is 9.47 Å². The van der Waals surface area contributed by atoms with E-state index in [2.05, 4.69) is 27.7 Å². The van der Waals surface area contributed by atoms with Gasteiger partial charge in [0.1, 0.15) is 17.5 Å². The lowest BCUT2D eigenvalue weighted by Crippen LogP contribution is -2.18. The minimum Gasteiger partial charge on any atom is -0.490 e. The highest BCUT2D eigenvalue weighted by Gasteiger charge is 2.20. The van der Waals surface area contributed by atoms with Gasteiger partial charge in [-0.3, -0.25) is 0 Å². The zero-order valence-electron chi connectivity index (χ0n) is 18.8. The highest BCUT2D eigenvalue weighted by Crippen LogP contribution is 2.35. The Labute approximate surface area is 186 Å². The van der Waals surface area contributed by atoms with Crippen molar-refractivity contribution >= 4 is 11.6 Å². The van der Waals surface area contributed by atoms with E-state index in [0.29, 0.717) is 17.0 Å². The predicted molar refractivity (Wildman–Crippen MR) is 124 cm³/mol. The quantitative estimate of drug-likeness (QED) is 0.399. The van der Waals surface area contributed by atoms with Crippen molar-refractivity contribution in [2.45, 2.75) is 97.7 Å². The van der Waals surface area contributed by atoms with E-state index < -0.39 is 0 Å². The van der Waals surface area contributed by atoms with Gasteiger partial charge in [-0.25, -0.2) is 9.97 Å². The number of hydrogen-bond acceptors (Lipinski definition) is 4. The standard InChI is InChI=1S/C25H35ClN2O2/c1-5-11-17(6-2)30-25-23(8-4)27-24(22(7-3)28-25)20-15-14-19(16-21(20)26)29-18-12-9-10-13-18/h14-18H,5-13H2,1-4H3. The molecule has 30 heavy (non-hydrogen) atoms. The van der Waals surface area contributed by atoms with Crippen molar-refractivity contribution in [1.82, 2.24) is 9.97 Å². The third-order valence-electron chi connectivity index (χ3n) is 5.82. The van der Waals surface area contributed by atoms with Crippen LogP contribution in [0.2, 0.25) is 5.02 Å². The van der Waals surface area contributed by atoms with Crippen LogP contribution in [0.15, 0.2) is 18.2 Å². The Morgan fingerprint density at radius 1 is 1.03 bits per heavy atom. The number of rotatable bonds is 10. The molecule has 2 aromatic rings. The van der Waals surface area contributed by atoms with Gasteiger partial charge in [-0.05, 0) is 69.6 Å². The average molecular weight is 431 g/mol. The summed E-state index contributed by atoms with van der Waals surface area (Å²) >= 11 is 6.68. The van der Waals surface area contributed by atoms with Crippen LogP contribution in [0, 0.1) is 0 Å². The van der Waals surface area contributed by atoms with Gasteiger partial charge in [0.2, 0.25) is 5.88 Å². The second-order valence-electron chi connectivity index (χ2n) is 8.08. The Hall–Kier alpha value is -1.81. The summed E-state index contributed by atoms with van der Waals surface area (Å²) in [5, 5.41) is 0.655. The molecule has 1 aromatic carbocycles. The molecule has 164 valence electrons. The van der Waals surface area contributed by atoms with Gasteiger partial charge < -0.3 is 9.47 Å². The van der Waals surface area contributed by atoms with Crippen LogP contribution >= 0.6 is 11.6 Å². The highest BCUT2D eigenvalue weighted by atomic mass is 35.5. The number of benzene rings is 1. The minimum absolute atomic E-state index is 0.181. The second-order valence-corrected chi connectivity index (χ2v) is 8.49. The summed E-state index contributed by atoms with van der Waals surface area (Å²) in [5.74, 6) is 1.51. The van der Waals surface area contributed by atoms with Crippen LogP contribution in [0.25, 0.3) is 11.3 Å². The fourth-order valence-electron chi connectivity index (χ4n) is 4.06. The number of halogens is 1. The van der Waals surface area contributed by atoms with Crippen LogP contribution in [0.4, 0.5) is 0 Å². The van der Waals surface area contributed by atoms with Crippen LogP contribution < -0.4 is 9.47 Å². The summed E-state index contributed by atoms with van der Waals surface area (Å²) in [6.45, 7) is 8.52. The van der Waals surface area contributed by atoms with E-state index in [9.17, 15) is 0 Å². The lowest BCUT2D eigenvalue weighted by atomic mass is 10.1. The Morgan fingerprint density at radius 2 is 1.77 bits per heavy atom. The van der Waals surface area contributed by atoms with Gasteiger partial charge in [0.25, 0.3) is 0 Å². The number of ether oxygens (including phenoxy) is 2. The van der Waals surface area contributed by atoms with Gasteiger partial charge in [0.05, 0.1) is 22.5 Å². The molecule has 0 spiro atoms. The first-order chi connectivity index (χ1) is 14.6. The Morgan fingerprint density at radius 3 is 2.37 bits per heavy atom. The maximum Gasteiger partial charge on any atom is 0.236 e. The smallest absolute Gasteiger partial charge is 0.236 e. The largest absolute Gasteiger partial charge is 0.490 e. The molecule has 1 saturated carbocycles. The normalized spacial score (nSPS) is 15.4. The molecule has 1 aromatic heterocycles. The molecule has 4 nitrogen and oxygen atoms in total. The zero-order valence-corrected chi connectivity index (χ0v) is 19.6. The third-order valence-corrected chi connectivity index (χ3v) is 6.13. The molecule has 1 unspecified atom stereocenters. The first kappa shape index (κ1) is 22.9. The van der Waals surface area contributed by atoms with Crippen molar-refractivity contribution in [2.75, 3.05) is 0 Å². The van der Waals surface area contributed by atoms with Gasteiger partial charge in [-0.1, -0.05) is 45.7 Å². The molecule has 0 saturated heterocycles. The van der Waals surface area contributed by atoms with E-state index >= 15 is 0 Å². The van der Waals surface area contributed by atoms with Crippen molar-refractivity contribution in [3.63, 3.8) is 0 Å². The average Bonchev–Trinajstić information content (AvgIpc) is 3.26. The van der Waals surface area contributed by atoms with Crippen LogP contribution in [-0.4, -0.2) is 22.2 Å². The molecule has 0 bridgehead atoms. The lowest BCUT2D eigenvalue weighted by Gasteiger charge is -2.20. The van der Waals surface area contributed by atoms with E-state index in [4.69, 9.17) is 31.0 Å². The molecule has 1 fully saturated rings. The maximum absolute atomic E-state index is 6.68. The van der Waals surface area contributed by atoms with Gasteiger partial charge >= 0.3 is 0 Å². The summed E-state index contributed by atoms with van der Waals surface area (Å²) in [7, 11) is 0. The van der Waals surface area contributed by atoms with E-state index in [1.54, 1.807) is 0 Å². The van der Waals surface area contributed by atoms with Crippen molar-refractivity contribution in [3.05, 3.63) is 34.6 Å². The van der Waals surface area contributed by atoms with Crippen LogP contribution in [-0.2, 0) is 12.8 Å². The molecule has 0 N–H and O–H groups in total.